The second kappa shape index (κ2) is 27.3. The normalized spacial score (nSPS) is 22.7. The molecule has 0 radical (unpaired) electrons. The predicted octanol–water partition coefficient (Wildman–Crippen LogP) is 2.86. The Morgan fingerprint density at radius 3 is 2.27 bits per heavy atom. The summed E-state index contributed by atoms with van der Waals surface area (Å²) in [4.78, 5) is 134. The number of phenols is 1. The summed E-state index contributed by atoms with van der Waals surface area (Å²) >= 11 is 3.51. The van der Waals surface area contributed by atoms with E-state index in [4.69, 9.17) is 4.42 Å². The van der Waals surface area contributed by atoms with Gasteiger partial charge in [-0.05, 0) is 109 Å². The fraction of sp³-hybridized carbons (Fsp3) is 0.577. The van der Waals surface area contributed by atoms with Crippen LogP contribution in [0.2, 0.25) is 0 Å². The van der Waals surface area contributed by atoms with Gasteiger partial charge in [-0.15, -0.1) is 0 Å². The number of aromatic nitrogens is 2. The van der Waals surface area contributed by atoms with E-state index in [1.165, 1.54) is 36.3 Å². The first-order valence-electron chi connectivity index (χ1n) is 25.8. The first-order valence-corrected chi connectivity index (χ1v) is 26.6. The fourth-order valence-corrected chi connectivity index (χ4v) is 9.53. The number of hydrogen-bond donors (Lipinski definition) is 10. The van der Waals surface area contributed by atoms with Gasteiger partial charge < -0.3 is 61.7 Å². The van der Waals surface area contributed by atoms with E-state index in [1.54, 1.807) is 26.8 Å². The van der Waals surface area contributed by atoms with Crippen LogP contribution in [-0.4, -0.2) is 134 Å². The van der Waals surface area contributed by atoms with Crippen LogP contribution in [0.5, 0.6) is 5.75 Å². The number of aliphatic hydroxyl groups is 1. The van der Waals surface area contributed by atoms with Crippen LogP contribution < -0.4 is 37.2 Å². The van der Waals surface area contributed by atoms with Gasteiger partial charge in [-0.3, -0.25) is 43.2 Å². The van der Waals surface area contributed by atoms with Crippen molar-refractivity contribution in [3.8, 4) is 5.75 Å². The summed E-state index contributed by atoms with van der Waals surface area (Å²) in [7, 11) is 0. The van der Waals surface area contributed by atoms with Gasteiger partial charge in [0, 0.05) is 36.5 Å². The number of benzene rings is 1. The summed E-state index contributed by atoms with van der Waals surface area (Å²) in [5.41, 5.74) is 1.41. The maximum absolute atomic E-state index is 14.8. The summed E-state index contributed by atoms with van der Waals surface area (Å²) < 4.78 is 6.07. The van der Waals surface area contributed by atoms with Gasteiger partial charge in [0.1, 0.15) is 60.1 Å². The summed E-state index contributed by atoms with van der Waals surface area (Å²) in [6.07, 6.45) is 3.98. The second-order valence-corrected chi connectivity index (χ2v) is 20.8. The van der Waals surface area contributed by atoms with Gasteiger partial charge in [0.05, 0.1) is 10.6 Å². The fourth-order valence-electron chi connectivity index (χ4n) is 8.94. The number of amides is 8. The van der Waals surface area contributed by atoms with Crippen molar-refractivity contribution in [2.24, 2.45) is 17.8 Å². The number of oxazole rings is 1. The predicted molar refractivity (Wildman–Crippen MR) is 280 cm³/mol. The number of fused-ring (bicyclic) bond motifs is 4. The third-order valence-corrected chi connectivity index (χ3v) is 14.5. The summed E-state index contributed by atoms with van der Waals surface area (Å²) in [6, 6.07) is -3.49. The Hall–Kier alpha value is -6.62. The molecule has 2 bridgehead atoms. The van der Waals surface area contributed by atoms with E-state index >= 15 is 0 Å². The van der Waals surface area contributed by atoms with Gasteiger partial charge in [0.2, 0.25) is 53.0 Å². The van der Waals surface area contributed by atoms with Crippen molar-refractivity contribution < 1.29 is 57.8 Å². The Morgan fingerprint density at radius 2 is 1.59 bits per heavy atom. The van der Waals surface area contributed by atoms with Crippen LogP contribution >= 0.6 is 15.9 Å². The highest BCUT2D eigenvalue weighted by Gasteiger charge is 2.41. The van der Waals surface area contributed by atoms with Crippen molar-refractivity contribution in [1.29, 1.82) is 0 Å². The van der Waals surface area contributed by atoms with Gasteiger partial charge in [-0.2, -0.15) is 0 Å². The van der Waals surface area contributed by atoms with Crippen molar-refractivity contribution >= 4 is 85.9 Å². The number of carbonyl (C=O) groups is 9. The number of rotatable bonds is 15. The average molecular weight is 1110 g/mol. The monoisotopic (exact) mass is 1110 g/mol. The van der Waals surface area contributed by atoms with Crippen LogP contribution in [0.15, 0.2) is 39.6 Å². The van der Waals surface area contributed by atoms with Gasteiger partial charge in [0.25, 0.3) is 5.91 Å². The maximum atomic E-state index is 14.8. The van der Waals surface area contributed by atoms with E-state index in [0.29, 0.717) is 40.3 Å². The first-order chi connectivity index (χ1) is 35.6. The van der Waals surface area contributed by atoms with Crippen LogP contribution in [0.3, 0.4) is 0 Å². The van der Waals surface area contributed by atoms with E-state index < -0.39 is 107 Å². The molecular weight excluding hydrogens is 1040 g/mol. The van der Waals surface area contributed by atoms with Crippen LogP contribution in [0, 0.1) is 17.8 Å². The van der Waals surface area contributed by atoms with Crippen molar-refractivity contribution in [3.63, 3.8) is 0 Å². The lowest BCUT2D eigenvalue weighted by Crippen LogP contribution is -2.60. The highest BCUT2D eigenvalue weighted by Crippen LogP contribution is 2.31. The molecule has 0 saturated carbocycles. The molecule has 10 N–H and O–H groups in total. The van der Waals surface area contributed by atoms with Crippen LogP contribution in [0.4, 0.5) is 0 Å². The largest absolute Gasteiger partial charge is 0.508 e. The third kappa shape index (κ3) is 15.7. The van der Waals surface area contributed by atoms with E-state index in [1.807, 2.05) is 27.7 Å². The Morgan fingerprint density at radius 1 is 0.867 bits per heavy atom. The smallest absolute Gasteiger partial charge is 0.290 e. The number of nitrogens with zero attached hydrogens (tertiary/aromatic N) is 2. The number of ketones is 1. The minimum absolute atomic E-state index is 0.00575. The number of phenolic OH excluding ortho intramolecular Hbond substituents is 1. The molecule has 2 aliphatic heterocycles. The molecule has 0 spiro atoms. The number of aromatic amines is 1. The molecular formula is C52H73BrN10O12. The lowest BCUT2D eigenvalue weighted by molar-refractivity contribution is -0.144. The molecule has 22 nitrogen and oxygen atoms in total. The number of Topliss-reactive ketones (excluding diaryl/α,β-unsaturated/α-hetero) is 1. The van der Waals surface area contributed by atoms with Gasteiger partial charge in [0.15, 0.2) is 0 Å². The van der Waals surface area contributed by atoms with Crippen LogP contribution in [0.25, 0.3) is 17.0 Å². The average Bonchev–Trinajstić information content (AvgIpc) is 4.14. The molecule has 5 rings (SSSR count). The van der Waals surface area contributed by atoms with Gasteiger partial charge in [-0.1, -0.05) is 61.3 Å². The minimum Gasteiger partial charge on any atom is -0.508 e. The molecule has 8 amide bonds. The van der Waals surface area contributed by atoms with Crippen molar-refractivity contribution in [2.45, 2.75) is 162 Å². The quantitative estimate of drug-likeness (QED) is 0.0981. The molecule has 10 unspecified atom stereocenters. The Kier molecular flexibility index (Phi) is 21.5. The highest BCUT2D eigenvalue weighted by molar-refractivity contribution is 9.10. The Bertz CT molecular complexity index is 2600. The molecule has 1 aromatic carbocycles. The number of carbonyl (C=O) groups excluding carboxylic acids is 9. The molecule has 2 aliphatic rings. The van der Waals surface area contributed by atoms with Crippen molar-refractivity contribution in [1.82, 2.24) is 52.1 Å². The van der Waals surface area contributed by atoms with Gasteiger partial charge >= 0.3 is 0 Å². The zero-order valence-electron chi connectivity index (χ0n) is 43.8. The van der Waals surface area contributed by atoms with E-state index in [0.717, 1.165) is 6.08 Å². The zero-order chi connectivity index (χ0) is 55.3. The molecule has 10 atom stereocenters. The molecule has 1 saturated heterocycles. The van der Waals surface area contributed by atoms with Crippen molar-refractivity contribution in [2.75, 3.05) is 13.1 Å². The molecule has 3 aromatic rings. The maximum Gasteiger partial charge on any atom is 0.290 e. The molecule has 75 heavy (non-hydrogen) atoms. The number of halogens is 1. The van der Waals surface area contributed by atoms with Crippen LogP contribution in [-0.2, 0) is 49.6 Å². The molecule has 0 aliphatic carbocycles. The summed E-state index contributed by atoms with van der Waals surface area (Å²) in [5.74, 6) is -7.71. The van der Waals surface area contributed by atoms with E-state index in [2.05, 4.69) is 63.1 Å². The van der Waals surface area contributed by atoms with Crippen LogP contribution in [0.1, 0.15) is 130 Å². The molecule has 23 heteroatoms. The highest BCUT2D eigenvalue weighted by atomic mass is 79.9. The minimum atomic E-state index is -1.37. The Balaban J connectivity index is 1.47. The Labute approximate surface area is 444 Å². The lowest BCUT2D eigenvalue weighted by atomic mass is 9.96. The SMILES string of the molecule is CCC(NC(=O)C(NC(=O)C(O)C(C)CC)C(C)CC)C(=O)NC1CCCNC(=O)C(Cc2c(Br)[nH]c3ccc(O)cc23)NC(=O)C=Cc2coc(n2)C(C)NC(=O)C(=O)C(CC(C)C)NC(=O)C2CCCN2C1=O. The molecule has 2 aromatic heterocycles. The third-order valence-electron chi connectivity index (χ3n) is 13.8. The summed E-state index contributed by atoms with van der Waals surface area (Å²) in [5, 5.41) is 40.5. The number of nitrogens with one attached hydrogen (secondary N) is 8. The molecule has 410 valence electrons. The molecule has 4 heterocycles. The first kappa shape index (κ1) is 59.3. The van der Waals surface area contributed by atoms with E-state index in [9.17, 15) is 53.4 Å². The number of hydrogen-bond acceptors (Lipinski definition) is 13. The molecule has 1 fully saturated rings. The summed E-state index contributed by atoms with van der Waals surface area (Å²) in [6.45, 7) is 14.0. The number of aliphatic hydroxyl groups excluding tert-OH is 1. The zero-order valence-corrected chi connectivity index (χ0v) is 45.4. The standard InChI is InChI=1S/C52H73BrN10O12/c1-9-27(6)41(62-49(72)42(66)28(7)10-2)48(71)59-34(11-3)46(69)60-36-14-12-20-54-45(68)38(24-33-32-23-31(64)17-18-35(32)58-44(33)53)57-40(65)19-16-30-25-75-51(56-30)29(8)55-50(73)43(67)37(22-26(4)5)61-47(70)39-15-13-21-63(39)52(36)74/h16-19,23,25-29,34,36-39,41-42,58,64,66H,9-15,20-22,24H2,1-8H3,(H,54,68)(H,55,73)(H,57,65)(H,59,71)(H,60,69)(H,61,70)(H,62,72). The van der Waals surface area contributed by atoms with E-state index in [-0.39, 0.29) is 80.8 Å². The topological polar surface area (TPSA) is 323 Å². The second-order valence-electron chi connectivity index (χ2n) is 20.0. The lowest BCUT2D eigenvalue weighted by Gasteiger charge is -2.31. The van der Waals surface area contributed by atoms with Crippen molar-refractivity contribution in [3.05, 3.63) is 52.3 Å². The van der Waals surface area contributed by atoms with Gasteiger partial charge in [-0.25, -0.2) is 4.98 Å². The number of aromatic hydroxyl groups is 1. The number of H-pyrrole nitrogens is 1.